The van der Waals surface area contributed by atoms with E-state index in [4.69, 9.17) is 28.9 Å². The number of nitrogens with one attached hydrogen (secondary N) is 1. The van der Waals surface area contributed by atoms with Crippen molar-refractivity contribution in [3.63, 3.8) is 0 Å². The molecule has 3 N–H and O–H groups in total. The molecule has 0 atom stereocenters. The van der Waals surface area contributed by atoms with Crippen LogP contribution >= 0.6 is 35.6 Å². The molecule has 3 aromatic rings. The molecule has 1 aliphatic heterocycles. The summed E-state index contributed by atoms with van der Waals surface area (Å²) in [7, 11) is 0. The number of anilines is 1. The Labute approximate surface area is 199 Å². The van der Waals surface area contributed by atoms with Crippen LogP contribution in [-0.2, 0) is 6.54 Å². The molecule has 11 nitrogen and oxygen atoms in total. The number of amides is 1. The van der Waals surface area contributed by atoms with Crippen molar-refractivity contribution in [2.75, 3.05) is 18.8 Å². The molecule has 0 bridgehead atoms. The number of nitrogens with zero attached hydrogens (tertiary/aromatic N) is 7. The van der Waals surface area contributed by atoms with Gasteiger partial charge in [-0.15, -0.1) is 17.5 Å². The first-order valence-electron chi connectivity index (χ1n) is 9.49. The van der Waals surface area contributed by atoms with Crippen molar-refractivity contribution in [1.29, 1.82) is 0 Å². The molecule has 1 fully saturated rings. The number of benzene rings is 1. The number of halogens is 3. The number of hydrazone groups is 1. The lowest BCUT2D eigenvalue weighted by atomic mass is 10.1. The van der Waals surface area contributed by atoms with Crippen molar-refractivity contribution < 1.29 is 9.42 Å². The fourth-order valence-corrected chi connectivity index (χ4v) is 3.56. The SMILES string of the molecule is C/C(=N\NC(=O)c1c(CN2CCCC2)nnn1-c1nonc1N)c1ccc(Cl)c(Cl)c1.Cl. The van der Waals surface area contributed by atoms with E-state index in [0.29, 0.717) is 33.6 Å². The van der Waals surface area contributed by atoms with Crippen LogP contribution in [0.5, 0.6) is 0 Å². The monoisotopic (exact) mass is 499 g/mol. The highest BCUT2D eigenvalue weighted by molar-refractivity contribution is 6.42. The molecule has 0 unspecified atom stereocenters. The van der Waals surface area contributed by atoms with Gasteiger partial charge in [-0.25, -0.2) is 10.1 Å². The van der Waals surface area contributed by atoms with Gasteiger partial charge in [-0.2, -0.15) is 9.78 Å². The molecule has 1 saturated heterocycles. The zero-order chi connectivity index (χ0) is 22.0. The summed E-state index contributed by atoms with van der Waals surface area (Å²) in [6, 6.07) is 5.08. The van der Waals surface area contributed by atoms with Crippen LogP contribution in [0.4, 0.5) is 5.82 Å². The fraction of sp³-hybridized carbons (Fsp3) is 0.333. The van der Waals surface area contributed by atoms with E-state index in [1.807, 2.05) is 0 Å². The van der Waals surface area contributed by atoms with Crippen LogP contribution in [0.1, 0.15) is 41.5 Å². The van der Waals surface area contributed by atoms with Crippen LogP contribution in [0.25, 0.3) is 5.82 Å². The van der Waals surface area contributed by atoms with Crippen molar-refractivity contribution in [2.45, 2.75) is 26.3 Å². The van der Waals surface area contributed by atoms with Gasteiger partial charge in [0.15, 0.2) is 5.69 Å². The van der Waals surface area contributed by atoms with E-state index in [2.05, 4.69) is 40.7 Å². The Morgan fingerprint density at radius 1 is 1.25 bits per heavy atom. The Hall–Kier alpha value is -2.73. The maximum atomic E-state index is 13.1. The first-order valence-corrected chi connectivity index (χ1v) is 10.2. The number of carbonyl (C=O) groups is 1. The van der Waals surface area contributed by atoms with E-state index in [1.54, 1.807) is 25.1 Å². The number of aromatic nitrogens is 5. The molecular formula is C18H20Cl3N9O2. The lowest BCUT2D eigenvalue weighted by Gasteiger charge is -2.13. The Morgan fingerprint density at radius 2 is 2.00 bits per heavy atom. The molecule has 32 heavy (non-hydrogen) atoms. The lowest BCUT2D eigenvalue weighted by Crippen LogP contribution is -2.26. The molecule has 14 heteroatoms. The minimum Gasteiger partial charge on any atom is -0.378 e. The lowest BCUT2D eigenvalue weighted by molar-refractivity contribution is 0.0945. The number of likely N-dealkylation sites (tertiary alicyclic amines) is 1. The Kier molecular flexibility index (Phi) is 7.67. The average Bonchev–Trinajstić information content (AvgIpc) is 3.50. The minimum atomic E-state index is -0.527. The first kappa shape index (κ1) is 23.9. The van der Waals surface area contributed by atoms with Crippen LogP contribution in [0.3, 0.4) is 0 Å². The molecule has 2 aromatic heterocycles. The number of rotatable bonds is 6. The van der Waals surface area contributed by atoms with Crippen LogP contribution in [0, 0.1) is 0 Å². The van der Waals surface area contributed by atoms with Gasteiger partial charge in [0, 0.05) is 6.54 Å². The van der Waals surface area contributed by atoms with Gasteiger partial charge in [-0.05, 0) is 60.9 Å². The molecule has 3 heterocycles. The van der Waals surface area contributed by atoms with Crippen molar-refractivity contribution in [1.82, 2.24) is 35.6 Å². The quantitative estimate of drug-likeness (QED) is 0.389. The number of hydrogen-bond acceptors (Lipinski definition) is 9. The summed E-state index contributed by atoms with van der Waals surface area (Å²) in [5.41, 5.74) is 10.2. The molecular weight excluding hydrogens is 481 g/mol. The van der Waals surface area contributed by atoms with E-state index in [-0.39, 0.29) is 29.7 Å². The minimum absolute atomic E-state index is 0. The van der Waals surface area contributed by atoms with E-state index in [9.17, 15) is 4.79 Å². The fourth-order valence-electron chi connectivity index (χ4n) is 3.26. The second-order valence-electron chi connectivity index (χ2n) is 7.02. The summed E-state index contributed by atoms with van der Waals surface area (Å²) in [6.45, 7) is 4.05. The maximum absolute atomic E-state index is 13.1. The van der Waals surface area contributed by atoms with E-state index < -0.39 is 5.91 Å². The molecule has 1 amide bonds. The molecule has 1 aromatic carbocycles. The number of nitrogen functional groups attached to an aromatic ring is 1. The van der Waals surface area contributed by atoms with Gasteiger partial charge in [0.2, 0.25) is 11.6 Å². The van der Waals surface area contributed by atoms with Gasteiger partial charge in [-0.3, -0.25) is 9.69 Å². The van der Waals surface area contributed by atoms with Crippen LogP contribution in [0.2, 0.25) is 10.0 Å². The summed E-state index contributed by atoms with van der Waals surface area (Å²) in [5, 5.41) is 20.5. The zero-order valence-corrected chi connectivity index (χ0v) is 19.3. The van der Waals surface area contributed by atoms with Gasteiger partial charge >= 0.3 is 0 Å². The van der Waals surface area contributed by atoms with Gasteiger partial charge in [0.25, 0.3) is 5.91 Å². The molecule has 0 radical (unpaired) electrons. The van der Waals surface area contributed by atoms with Crippen molar-refractivity contribution in [3.8, 4) is 5.82 Å². The molecule has 1 aliphatic rings. The highest BCUT2D eigenvalue weighted by Gasteiger charge is 2.27. The second kappa shape index (κ2) is 10.3. The number of hydrogen-bond donors (Lipinski definition) is 2. The maximum Gasteiger partial charge on any atom is 0.292 e. The van der Waals surface area contributed by atoms with Gasteiger partial charge in [-0.1, -0.05) is 34.5 Å². The first-order chi connectivity index (χ1) is 14.9. The molecule has 0 spiro atoms. The summed E-state index contributed by atoms with van der Waals surface area (Å²) >= 11 is 12.0. The second-order valence-corrected chi connectivity index (χ2v) is 7.83. The standard InChI is InChI=1S/C18H19Cl2N9O2.ClH/c1-10(11-4-5-12(19)13(20)8-11)22-24-18(30)15-14(9-28-6-2-3-7-28)23-27-29(15)17-16(21)25-31-26-17;/h4-5,8H,2-3,6-7,9H2,1H3,(H2,21,25)(H,24,30);1H/b22-10+;. The molecule has 170 valence electrons. The third-order valence-electron chi connectivity index (χ3n) is 4.89. The van der Waals surface area contributed by atoms with E-state index in [0.717, 1.165) is 25.9 Å². The topological polar surface area (TPSA) is 140 Å². The predicted molar refractivity (Wildman–Crippen MR) is 122 cm³/mol. The van der Waals surface area contributed by atoms with E-state index >= 15 is 0 Å². The Bertz CT molecular complexity index is 1140. The molecule has 0 saturated carbocycles. The zero-order valence-electron chi connectivity index (χ0n) is 17.0. The summed E-state index contributed by atoms with van der Waals surface area (Å²) in [6.07, 6.45) is 2.20. The average molecular weight is 501 g/mol. The van der Waals surface area contributed by atoms with Crippen molar-refractivity contribution in [2.24, 2.45) is 5.10 Å². The Balaban J connectivity index is 0.00000289. The van der Waals surface area contributed by atoms with Crippen LogP contribution < -0.4 is 11.2 Å². The highest BCUT2D eigenvalue weighted by atomic mass is 35.5. The third-order valence-corrected chi connectivity index (χ3v) is 5.62. The smallest absolute Gasteiger partial charge is 0.292 e. The normalized spacial score (nSPS) is 14.4. The number of nitrogens with two attached hydrogens (primary N) is 1. The van der Waals surface area contributed by atoms with Crippen LogP contribution in [0.15, 0.2) is 27.9 Å². The highest BCUT2D eigenvalue weighted by Crippen LogP contribution is 2.23. The Morgan fingerprint density at radius 3 is 2.66 bits per heavy atom. The summed E-state index contributed by atoms with van der Waals surface area (Å²) in [4.78, 5) is 15.3. The largest absolute Gasteiger partial charge is 0.378 e. The van der Waals surface area contributed by atoms with Crippen LogP contribution in [-0.4, -0.2) is 54.9 Å². The number of carbonyl (C=O) groups excluding carboxylic acids is 1. The molecule has 4 rings (SSSR count). The van der Waals surface area contributed by atoms with Gasteiger partial charge in [0.1, 0.15) is 5.69 Å². The summed E-state index contributed by atoms with van der Waals surface area (Å²) < 4.78 is 5.85. The predicted octanol–water partition coefficient (Wildman–Crippen LogP) is 2.71. The van der Waals surface area contributed by atoms with Gasteiger partial charge in [0.05, 0.1) is 15.8 Å². The van der Waals surface area contributed by atoms with E-state index in [1.165, 1.54) is 4.68 Å². The van der Waals surface area contributed by atoms with Gasteiger partial charge < -0.3 is 5.73 Å². The summed E-state index contributed by atoms with van der Waals surface area (Å²) in [5.74, 6) is -0.460. The van der Waals surface area contributed by atoms with Crippen molar-refractivity contribution in [3.05, 3.63) is 45.2 Å². The molecule has 0 aliphatic carbocycles. The van der Waals surface area contributed by atoms with Crippen molar-refractivity contribution >= 4 is 53.0 Å². The third kappa shape index (κ3) is 5.01.